The second kappa shape index (κ2) is 15.8. The van der Waals surface area contributed by atoms with Crippen LogP contribution in [0, 0.1) is 0 Å². The minimum Gasteiger partial charge on any atom is -0.370 e. The summed E-state index contributed by atoms with van der Waals surface area (Å²) in [6.07, 6.45) is -1.61. The average Bonchev–Trinajstić information content (AvgIpc) is 2.82. The summed E-state index contributed by atoms with van der Waals surface area (Å²) in [4.78, 5) is 15.1. The summed E-state index contributed by atoms with van der Waals surface area (Å²) >= 11 is 0. The molecule has 0 saturated heterocycles. The number of carbonyl (C=O) groups excluding carboxylic acids is 1. The van der Waals surface area contributed by atoms with E-state index in [0.717, 1.165) is 12.0 Å². The Hall–Kier alpha value is -3.37. The molecule has 0 aliphatic carbocycles. The average molecular weight is 550 g/mol. The first-order valence-corrected chi connectivity index (χ1v) is 11.7. The van der Waals surface area contributed by atoms with E-state index >= 15 is 0 Å². The van der Waals surface area contributed by atoms with Gasteiger partial charge in [0.05, 0.1) is 17.0 Å². The number of nitrogens with two attached hydrogens (primary N) is 1. The number of alkyl halides is 6. The van der Waals surface area contributed by atoms with Crippen molar-refractivity contribution in [3.63, 3.8) is 0 Å². The maximum Gasteiger partial charge on any atom is 0.416 e. The Kier molecular flexibility index (Phi) is 14.4. The zero-order chi connectivity index (χ0) is 29.7. The van der Waals surface area contributed by atoms with E-state index in [-0.39, 0.29) is 23.3 Å². The zero-order valence-electron chi connectivity index (χ0n) is 22.2. The summed E-state index contributed by atoms with van der Waals surface area (Å²) in [5, 5.41) is 2.62. The van der Waals surface area contributed by atoms with Gasteiger partial charge >= 0.3 is 12.4 Å². The molecule has 0 aliphatic heterocycles. The largest absolute Gasteiger partial charge is 0.416 e. The first kappa shape index (κ1) is 34.6. The molecule has 1 rings (SSSR count). The predicted molar refractivity (Wildman–Crippen MR) is 137 cm³/mol. The molecule has 0 radical (unpaired) electrons. The first-order chi connectivity index (χ1) is 17.5. The van der Waals surface area contributed by atoms with E-state index in [0.29, 0.717) is 36.2 Å². The Morgan fingerprint density at radius 2 is 1.50 bits per heavy atom. The Morgan fingerprint density at radius 1 is 0.974 bits per heavy atom. The quantitative estimate of drug-likeness (QED) is 0.115. The molecular weight excluding hydrogens is 515 g/mol. The summed E-state index contributed by atoms with van der Waals surface area (Å²) in [5.74, 6) is -0.826. The number of carbonyl (C=O) groups is 1. The van der Waals surface area contributed by atoms with Crippen molar-refractivity contribution in [2.24, 2.45) is 10.7 Å². The summed E-state index contributed by atoms with van der Waals surface area (Å²) in [6, 6.07) is 1.36. The highest BCUT2D eigenvalue weighted by molar-refractivity contribution is 5.99. The van der Waals surface area contributed by atoms with Gasteiger partial charge < -0.3 is 11.1 Å². The van der Waals surface area contributed by atoms with E-state index in [1.54, 1.807) is 19.1 Å². The standard InChI is InChI=1S/C15H22FNO.C12H12F6N2/c1-5-7-14(15(17)18)13(9-8-12(4)16)10-11(3)6-2;1-3-20-10(19-2)7-4-8(11(13,14)15)6-9(5-7)12(16,17)18/h7-10H,5-6H2,1-4H3,(H2,17,18);4-6H,3H2,1-2H3,(H,19,20)/b11-10+,12-8+,13-9+,14-7+;. The lowest BCUT2D eigenvalue weighted by Crippen LogP contribution is -2.25. The Labute approximate surface area is 218 Å². The van der Waals surface area contributed by atoms with E-state index in [1.807, 2.05) is 26.8 Å². The lowest BCUT2D eigenvalue weighted by atomic mass is 10.0. The Bertz CT molecular complexity index is 1060. The Balaban J connectivity index is 0.000000726. The smallest absolute Gasteiger partial charge is 0.370 e. The van der Waals surface area contributed by atoms with Gasteiger partial charge in [0, 0.05) is 24.7 Å². The molecule has 3 N–H and O–H groups in total. The molecule has 38 heavy (non-hydrogen) atoms. The molecular formula is C27H34F7N3O. The van der Waals surface area contributed by atoms with E-state index in [2.05, 4.69) is 10.3 Å². The predicted octanol–water partition coefficient (Wildman–Crippen LogP) is 7.67. The number of nitrogens with one attached hydrogen (secondary N) is 1. The second-order valence-corrected chi connectivity index (χ2v) is 8.01. The molecule has 0 bridgehead atoms. The second-order valence-electron chi connectivity index (χ2n) is 8.01. The zero-order valence-corrected chi connectivity index (χ0v) is 22.2. The van der Waals surface area contributed by atoms with Gasteiger partial charge in [-0.05, 0) is 63.5 Å². The van der Waals surface area contributed by atoms with Crippen LogP contribution in [0.2, 0.25) is 0 Å². The number of amides is 1. The fraction of sp³-hybridized carbons (Fsp3) is 0.407. The third-order valence-electron chi connectivity index (χ3n) is 4.87. The number of nitrogens with zero attached hydrogens (tertiary/aromatic N) is 1. The molecule has 1 amide bonds. The van der Waals surface area contributed by atoms with Crippen LogP contribution in [0.3, 0.4) is 0 Å². The number of hydrogen-bond acceptors (Lipinski definition) is 2. The van der Waals surface area contributed by atoms with Crippen LogP contribution in [-0.2, 0) is 17.1 Å². The fourth-order valence-corrected chi connectivity index (χ4v) is 2.92. The molecule has 0 heterocycles. The van der Waals surface area contributed by atoms with Crippen LogP contribution in [0.4, 0.5) is 30.7 Å². The molecule has 0 aliphatic rings. The lowest BCUT2D eigenvalue weighted by molar-refractivity contribution is -0.143. The van der Waals surface area contributed by atoms with Crippen molar-refractivity contribution >= 4 is 11.7 Å². The lowest BCUT2D eigenvalue weighted by Gasteiger charge is -2.15. The SMILES string of the molecule is CCNC(=NC)c1cc(C(F)(F)F)cc(C(F)(F)F)c1.CC\C=C(C(N)=O)/C(/C=C(\C)CC)=C/C=C(\C)F. The molecule has 1 aromatic rings. The molecule has 0 saturated carbocycles. The highest BCUT2D eigenvalue weighted by atomic mass is 19.4. The molecule has 0 spiro atoms. The molecule has 0 atom stereocenters. The highest BCUT2D eigenvalue weighted by Gasteiger charge is 2.37. The maximum atomic E-state index is 12.8. The van der Waals surface area contributed by atoms with Crippen LogP contribution < -0.4 is 11.1 Å². The first-order valence-electron chi connectivity index (χ1n) is 11.7. The van der Waals surface area contributed by atoms with Gasteiger partial charge in [-0.2, -0.15) is 26.3 Å². The van der Waals surface area contributed by atoms with Gasteiger partial charge in [0.15, 0.2) is 0 Å². The van der Waals surface area contributed by atoms with Crippen LogP contribution in [-0.4, -0.2) is 25.3 Å². The van der Waals surface area contributed by atoms with Crippen LogP contribution in [0.5, 0.6) is 0 Å². The topological polar surface area (TPSA) is 67.5 Å². The number of amidine groups is 1. The summed E-state index contributed by atoms with van der Waals surface area (Å²) in [7, 11) is 1.28. The summed E-state index contributed by atoms with van der Waals surface area (Å²) < 4.78 is 88.8. The van der Waals surface area contributed by atoms with Crippen molar-refractivity contribution in [3.8, 4) is 0 Å². The number of rotatable bonds is 8. The van der Waals surface area contributed by atoms with Gasteiger partial charge in [-0.15, -0.1) is 0 Å². The van der Waals surface area contributed by atoms with Gasteiger partial charge in [-0.1, -0.05) is 37.6 Å². The van der Waals surface area contributed by atoms with Crippen LogP contribution in [0.1, 0.15) is 64.2 Å². The molecule has 0 fully saturated rings. The van der Waals surface area contributed by atoms with Gasteiger partial charge in [-0.25, -0.2) is 4.39 Å². The number of hydrogen-bond donors (Lipinski definition) is 2. The third-order valence-corrected chi connectivity index (χ3v) is 4.87. The molecule has 4 nitrogen and oxygen atoms in total. The van der Waals surface area contributed by atoms with Crippen molar-refractivity contribution in [2.75, 3.05) is 13.6 Å². The van der Waals surface area contributed by atoms with Gasteiger partial charge in [0.1, 0.15) is 5.84 Å². The van der Waals surface area contributed by atoms with Crippen LogP contribution >= 0.6 is 0 Å². The van der Waals surface area contributed by atoms with E-state index in [4.69, 9.17) is 5.73 Å². The molecule has 1 aromatic carbocycles. The number of halogens is 7. The molecule has 212 valence electrons. The van der Waals surface area contributed by atoms with Crippen LogP contribution in [0.15, 0.2) is 70.0 Å². The maximum absolute atomic E-state index is 12.8. The number of primary amides is 1. The monoisotopic (exact) mass is 549 g/mol. The third kappa shape index (κ3) is 12.2. The molecule has 0 unspecified atom stereocenters. The molecule has 0 aromatic heterocycles. The van der Waals surface area contributed by atoms with Crippen molar-refractivity contribution in [1.29, 1.82) is 0 Å². The summed E-state index contributed by atoms with van der Waals surface area (Å²) in [5.41, 5.74) is 4.58. The van der Waals surface area contributed by atoms with Gasteiger partial charge in [0.25, 0.3) is 0 Å². The Morgan fingerprint density at radius 3 is 1.84 bits per heavy atom. The number of allylic oxidation sites excluding steroid dienone is 6. The number of aliphatic imine (C=N–C) groups is 1. The highest BCUT2D eigenvalue weighted by Crippen LogP contribution is 2.36. The molecule has 11 heteroatoms. The van der Waals surface area contributed by atoms with Crippen molar-refractivity contribution in [1.82, 2.24) is 5.32 Å². The minimum absolute atomic E-state index is 0.0240. The van der Waals surface area contributed by atoms with Gasteiger partial charge in [0.2, 0.25) is 5.91 Å². The van der Waals surface area contributed by atoms with Crippen molar-refractivity contribution in [2.45, 2.75) is 59.8 Å². The van der Waals surface area contributed by atoms with E-state index in [9.17, 15) is 35.5 Å². The van der Waals surface area contributed by atoms with Crippen molar-refractivity contribution < 1.29 is 35.5 Å². The van der Waals surface area contributed by atoms with Gasteiger partial charge in [-0.3, -0.25) is 9.79 Å². The minimum atomic E-state index is -4.86. The summed E-state index contributed by atoms with van der Waals surface area (Å²) in [6.45, 7) is 9.25. The van der Waals surface area contributed by atoms with Crippen molar-refractivity contribution in [3.05, 3.63) is 81.7 Å². The number of benzene rings is 1. The fourth-order valence-electron chi connectivity index (χ4n) is 2.92. The van der Waals surface area contributed by atoms with E-state index in [1.165, 1.54) is 20.0 Å². The normalized spacial score (nSPS) is 14.2. The van der Waals surface area contributed by atoms with E-state index < -0.39 is 29.4 Å². The van der Waals surface area contributed by atoms with Crippen LogP contribution in [0.25, 0.3) is 0 Å².